The molecule has 3 fully saturated rings. The van der Waals surface area contributed by atoms with Gasteiger partial charge >= 0.3 is 0 Å². The van der Waals surface area contributed by atoms with Gasteiger partial charge in [0.2, 0.25) is 0 Å². The molecule has 0 aromatic rings. The molecule has 4 nitrogen and oxygen atoms in total. The first-order valence-electron chi connectivity index (χ1n) is 6.55. The highest BCUT2D eigenvalue weighted by atomic mass is 32.2. The summed E-state index contributed by atoms with van der Waals surface area (Å²) in [5.74, 6) is 0.231. The highest BCUT2D eigenvalue weighted by Gasteiger charge is 2.54. The van der Waals surface area contributed by atoms with Crippen LogP contribution >= 0.6 is 0 Å². The number of hydrogen-bond donors (Lipinski definition) is 1. The predicted octanol–water partition coefficient (Wildman–Crippen LogP) is 0.884. The molecule has 0 saturated carbocycles. The van der Waals surface area contributed by atoms with E-state index in [1.807, 2.05) is 0 Å². The lowest BCUT2D eigenvalue weighted by Crippen LogP contribution is -2.50. The van der Waals surface area contributed by atoms with Gasteiger partial charge in [-0.3, -0.25) is 0 Å². The van der Waals surface area contributed by atoms with Gasteiger partial charge in [-0.15, -0.1) is 0 Å². The summed E-state index contributed by atoms with van der Waals surface area (Å²) in [5, 5.41) is 10.2. The van der Waals surface area contributed by atoms with E-state index in [-0.39, 0.29) is 16.4 Å². The van der Waals surface area contributed by atoms with Gasteiger partial charge in [0.15, 0.2) is 9.84 Å². The first-order chi connectivity index (χ1) is 8.02. The van der Waals surface area contributed by atoms with E-state index < -0.39 is 15.4 Å². The lowest BCUT2D eigenvalue weighted by molar-refractivity contribution is -0.0760. The second kappa shape index (κ2) is 3.93. The van der Waals surface area contributed by atoms with Gasteiger partial charge in [-0.1, -0.05) is 0 Å². The third kappa shape index (κ3) is 1.83. The fourth-order valence-electron chi connectivity index (χ4n) is 3.85. The largest absolute Gasteiger partial charge is 0.390 e. The van der Waals surface area contributed by atoms with E-state index in [9.17, 15) is 13.5 Å². The minimum atomic E-state index is -2.93. The minimum absolute atomic E-state index is 0.231. The van der Waals surface area contributed by atoms with Crippen molar-refractivity contribution in [3.05, 3.63) is 0 Å². The van der Waals surface area contributed by atoms with Crippen LogP contribution in [-0.4, -0.2) is 42.8 Å². The minimum Gasteiger partial charge on any atom is -0.390 e. The Labute approximate surface area is 102 Å². The molecule has 0 aliphatic carbocycles. The van der Waals surface area contributed by atoms with Gasteiger partial charge in [-0.2, -0.15) is 0 Å². The van der Waals surface area contributed by atoms with E-state index in [4.69, 9.17) is 4.74 Å². The first-order valence-corrected chi connectivity index (χ1v) is 8.16. The molecule has 3 aliphatic rings. The van der Waals surface area contributed by atoms with Crippen molar-refractivity contribution < 1.29 is 18.3 Å². The molecule has 1 N–H and O–H groups in total. The van der Waals surface area contributed by atoms with Gasteiger partial charge in [0.1, 0.15) is 0 Å². The summed E-state index contributed by atoms with van der Waals surface area (Å²) in [5.41, 5.74) is -0.749. The summed E-state index contributed by atoms with van der Waals surface area (Å²) in [6, 6.07) is 0. The van der Waals surface area contributed by atoms with Gasteiger partial charge in [0.25, 0.3) is 0 Å². The van der Waals surface area contributed by atoms with Crippen LogP contribution in [0, 0.1) is 5.92 Å². The van der Waals surface area contributed by atoms with Crippen LogP contribution in [0.25, 0.3) is 0 Å². The SMILES string of the molecule is O=S1(=O)C2CCC1CC(O)(C1CCOCC1)C2. The van der Waals surface area contributed by atoms with Crippen molar-refractivity contribution in [2.45, 2.75) is 54.6 Å². The maximum absolute atomic E-state index is 12.0. The molecule has 0 spiro atoms. The number of hydrogen-bond acceptors (Lipinski definition) is 4. The summed E-state index contributed by atoms with van der Waals surface area (Å²) in [4.78, 5) is 0. The van der Waals surface area contributed by atoms with Crippen LogP contribution in [0.1, 0.15) is 38.5 Å². The molecule has 3 saturated heterocycles. The number of rotatable bonds is 1. The summed E-state index contributed by atoms with van der Waals surface area (Å²) in [6.07, 6.45) is 4.15. The Hall–Kier alpha value is -0.130. The van der Waals surface area contributed by atoms with Crippen molar-refractivity contribution in [3.63, 3.8) is 0 Å². The molecule has 2 unspecified atom stereocenters. The second-order valence-electron chi connectivity index (χ2n) is 5.81. The van der Waals surface area contributed by atoms with Gasteiger partial charge < -0.3 is 9.84 Å². The Morgan fingerprint density at radius 1 is 1.00 bits per heavy atom. The topological polar surface area (TPSA) is 63.6 Å². The second-order valence-corrected chi connectivity index (χ2v) is 8.32. The average Bonchev–Trinajstić information content (AvgIpc) is 2.52. The maximum atomic E-state index is 12.0. The number of ether oxygens (including phenoxy) is 1. The van der Waals surface area contributed by atoms with Crippen molar-refractivity contribution in [2.75, 3.05) is 13.2 Å². The van der Waals surface area contributed by atoms with Crippen LogP contribution in [0.15, 0.2) is 0 Å². The van der Waals surface area contributed by atoms with Crippen LogP contribution < -0.4 is 0 Å². The molecule has 98 valence electrons. The van der Waals surface area contributed by atoms with E-state index in [2.05, 4.69) is 0 Å². The lowest BCUT2D eigenvalue weighted by Gasteiger charge is -2.43. The molecule has 0 amide bonds. The maximum Gasteiger partial charge on any atom is 0.156 e. The summed E-state index contributed by atoms with van der Waals surface area (Å²) >= 11 is 0. The average molecular weight is 260 g/mol. The molecule has 5 heteroatoms. The van der Waals surface area contributed by atoms with E-state index in [0.29, 0.717) is 26.1 Å². The Balaban J connectivity index is 1.82. The quantitative estimate of drug-likeness (QED) is 0.760. The molecular formula is C12H20O4S. The van der Waals surface area contributed by atoms with Crippen molar-refractivity contribution in [1.82, 2.24) is 0 Å². The molecule has 2 atom stereocenters. The smallest absolute Gasteiger partial charge is 0.156 e. The molecule has 3 heterocycles. The van der Waals surface area contributed by atoms with E-state index in [1.54, 1.807) is 0 Å². The van der Waals surface area contributed by atoms with Crippen LogP contribution in [0.3, 0.4) is 0 Å². The normalized spacial score (nSPS) is 45.9. The van der Waals surface area contributed by atoms with E-state index in [1.165, 1.54) is 0 Å². The van der Waals surface area contributed by atoms with Crippen LogP contribution in [-0.2, 0) is 14.6 Å². The fraction of sp³-hybridized carbons (Fsp3) is 1.00. The number of sulfone groups is 1. The van der Waals surface area contributed by atoms with Crippen LogP contribution in [0.2, 0.25) is 0 Å². The summed E-state index contributed by atoms with van der Waals surface area (Å²) < 4.78 is 29.3. The molecular weight excluding hydrogens is 240 g/mol. The predicted molar refractivity (Wildman–Crippen MR) is 63.5 cm³/mol. The zero-order valence-corrected chi connectivity index (χ0v) is 10.8. The van der Waals surface area contributed by atoms with Crippen LogP contribution in [0.5, 0.6) is 0 Å². The Morgan fingerprint density at radius 3 is 2.06 bits per heavy atom. The van der Waals surface area contributed by atoms with Crippen molar-refractivity contribution in [3.8, 4) is 0 Å². The Morgan fingerprint density at radius 2 is 1.53 bits per heavy atom. The van der Waals surface area contributed by atoms with Gasteiger partial charge in [-0.05, 0) is 44.4 Å². The third-order valence-corrected chi connectivity index (χ3v) is 7.55. The molecule has 2 bridgehead atoms. The van der Waals surface area contributed by atoms with Crippen molar-refractivity contribution in [1.29, 1.82) is 0 Å². The molecule has 0 radical (unpaired) electrons. The summed E-state index contributed by atoms with van der Waals surface area (Å²) in [6.45, 7) is 1.41. The zero-order chi connectivity index (χ0) is 12.1. The zero-order valence-electron chi connectivity index (χ0n) is 9.97. The number of aliphatic hydroxyl groups is 1. The monoisotopic (exact) mass is 260 g/mol. The molecule has 3 rings (SSSR count). The van der Waals surface area contributed by atoms with Gasteiger partial charge in [0.05, 0.1) is 16.1 Å². The molecule has 0 aromatic heterocycles. The van der Waals surface area contributed by atoms with Gasteiger partial charge in [-0.25, -0.2) is 8.42 Å². The van der Waals surface area contributed by atoms with Crippen molar-refractivity contribution >= 4 is 9.84 Å². The molecule has 3 aliphatic heterocycles. The first kappa shape index (κ1) is 11.9. The number of fused-ring (bicyclic) bond motifs is 2. The fourth-order valence-corrected chi connectivity index (χ4v) is 6.36. The highest BCUT2D eigenvalue weighted by molar-refractivity contribution is 7.93. The Kier molecular flexibility index (Phi) is 2.76. The Bertz CT molecular complexity index is 377. The lowest BCUT2D eigenvalue weighted by atomic mass is 9.76. The van der Waals surface area contributed by atoms with Crippen LogP contribution in [0.4, 0.5) is 0 Å². The standard InChI is InChI=1S/C12H20O4S/c13-12(9-3-5-16-6-4-9)7-10-1-2-11(8-12)17(10,14)15/h9-11,13H,1-8H2. The van der Waals surface area contributed by atoms with E-state index in [0.717, 1.165) is 25.7 Å². The highest BCUT2D eigenvalue weighted by Crippen LogP contribution is 2.47. The van der Waals surface area contributed by atoms with Crippen molar-refractivity contribution in [2.24, 2.45) is 5.92 Å². The molecule has 17 heavy (non-hydrogen) atoms. The third-order valence-electron chi connectivity index (χ3n) is 4.88. The van der Waals surface area contributed by atoms with E-state index >= 15 is 0 Å². The summed E-state index contributed by atoms with van der Waals surface area (Å²) in [7, 11) is -2.93. The van der Waals surface area contributed by atoms with Gasteiger partial charge in [0, 0.05) is 13.2 Å². The molecule has 0 aromatic carbocycles.